The van der Waals surface area contributed by atoms with E-state index in [1.165, 1.54) is 180 Å². The van der Waals surface area contributed by atoms with Crippen LogP contribution in [-0.2, 0) is 65.4 Å². The average Bonchev–Trinajstić information content (AvgIpc) is 1.81. The summed E-state index contributed by atoms with van der Waals surface area (Å²) in [5.74, 6) is 0.908. The van der Waals surface area contributed by atoms with Crippen LogP contribution in [0.15, 0.2) is 0 Å². The summed E-state index contributed by atoms with van der Waals surface area (Å²) < 4.78 is 68.5. The first-order valence-electron chi connectivity index (χ1n) is 38.7. The molecule has 0 rings (SSSR count). The number of aliphatic hydroxyl groups is 1. The van der Waals surface area contributed by atoms with Gasteiger partial charge >= 0.3 is 39.5 Å². The molecule has 0 spiro atoms. The molecule has 558 valence electrons. The standard InChI is InChI=1S/C75H146O17P2/c1-65(2)51-43-35-27-19-14-11-9-10-12-16-22-33-41-49-57-74(79)91-70(61-85-72(77)55-47-39-31-24-18-21-29-37-45-53-67(5)6)63-89-93(81,82)87-59-69(76)60-88-94(83,84)90-64-71(62-86-73(78)56-48-40-32-26-25-30-38-46-54-68(7)8)92-75(80)58-50-42-34-23-17-13-15-20-28-36-44-52-66(3)4/h65-71,76H,9-64H2,1-8H3,(H,81,82)(H,83,84)/t69?,70-,71-/m1/s1. The number of hydrogen-bond acceptors (Lipinski definition) is 15. The normalized spacial score (nSPS) is 14.2. The molecule has 94 heavy (non-hydrogen) atoms. The fraction of sp³-hybridized carbons (Fsp3) is 0.947. The van der Waals surface area contributed by atoms with Crippen LogP contribution in [0.4, 0.5) is 0 Å². The number of carbonyl (C=O) groups excluding carboxylic acids is 4. The van der Waals surface area contributed by atoms with Gasteiger partial charge in [-0.2, -0.15) is 0 Å². The minimum atomic E-state index is -4.96. The van der Waals surface area contributed by atoms with Gasteiger partial charge in [-0.1, -0.05) is 325 Å². The van der Waals surface area contributed by atoms with Gasteiger partial charge in [0.2, 0.25) is 0 Å². The van der Waals surface area contributed by atoms with Crippen molar-refractivity contribution in [1.29, 1.82) is 0 Å². The molecule has 0 aromatic carbocycles. The Labute approximate surface area is 575 Å². The van der Waals surface area contributed by atoms with Crippen LogP contribution in [0.5, 0.6) is 0 Å². The topological polar surface area (TPSA) is 237 Å². The molecule has 3 N–H and O–H groups in total. The fourth-order valence-corrected chi connectivity index (χ4v) is 13.0. The molecule has 0 fully saturated rings. The van der Waals surface area contributed by atoms with Gasteiger partial charge in [-0.3, -0.25) is 37.3 Å². The average molecular weight is 1380 g/mol. The summed E-state index contributed by atoms with van der Waals surface area (Å²) >= 11 is 0. The van der Waals surface area contributed by atoms with Gasteiger partial charge in [-0.05, 0) is 49.4 Å². The van der Waals surface area contributed by atoms with Crippen molar-refractivity contribution in [2.24, 2.45) is 23.7 Å². The van der Waals surface area contributed by atoms with Crippen molar-refractivity contribution >= 4 is 39.5 Å². The lowest BCUT2D eigenvalue weighted by atomic mass is 10.0. The molecule has 0 aliphatic heterocycles. The molecule has 17 nitrogen and oxygen atoms in total. The van der Waals surface area contributed by atoms with Crippen molar-refractivity contribution < 1.29 is 80.2 Å². The van der Waals surface area contributed by atoms with Gasteiger partial charge < -0.3 is 33.8 Å². The van der Waals surface area contributed by atoms with Crippen LogP contribution in [0.25, 0.3) is 0 Å². The smallest absolute Gasteiger partial charge is 0.462 e. The number of ether oxygens (including phenoxy) is 4. The van der Waals surface area contributed by atoms with Gasteiger partial charge in [-0.25, -0.2) is 9.13 Å². The lowest BCUT2D eigenvalue weighted by Crippen LogP contribution is -2.30. The van der Waals surface area contributed by atoms with Gasteiger partial charge in [0.1, 0.15) is 19.3 Å². The summed E-state index contributed by atoms with van der Waals surface area (Å²) in [6, 6.07) is 0. The van der Waals surface area contributed by atoms with E-state index in [2.05, 4.69) is 55.4 Å². The zero-order chi connectivity index (χ0) is 69.6. The lowest BCUT2D eigenvalue weighted by Gasteiger charge is -2.21. The molecule has 0 aromatic heterocycles. The van der Waals surface area contributed by atoms with E-state index in [-0.39, 0.29) is 25.7 Å². The number of hydrogen-bond donors (Lipinski definition) is 3. The van der Waals surface area contributed by atoms with E-state index in [0.717, 1.165) is 114 Å². The van der Waals surface area contributed by atoms with Gasteiger partial charge in [-0.15, -0.1) is 0 Å². The number of rotatable bonds is 72. The molecule has 0 bridgehead atoms. The predicted octanol–water partition coefficient (Wildman–Crippen LogP) is 21.7. The maximum atomic E-state index is 13.1. The largest absolute Gasteiger partial charge is 0.472 e. The molecule has 0 aliphatic carbocycles. The zero-order valence-corrected chi connectivity index (χ0v) is 63.4. The number of unbranched alkanes of at least 4 members (excludes halogenated alkanes) is 38. The van der Waals surface area contributed by atoms with Crippen LogP contribution in [0.3, 0.4) is 0 Å². The molecule has 0 saturated heterocycles. The maximum absolute atomic E-state index is 13.1. The molecule has 0 aromatic rings. The second kappa shape index (κ2) is 64.4. The van der Waals surface area contributed by atoms with Gasteiger partial charge in [0.05, 0.1) is 26.4 Å². The molecule has 0 amide bonds. The molecule has 19 heteroatoms. The minimum Gasteiger partial charge on any atom is -0.462 e. The minimum absolute atomic E-state index is 0.105. The summed E-state index contributed by atoms with van der Waals surface area (Å²) in [6.07, 6.45) is 48.6. The number of aliphatic hydroxyl groups excluding tert-OH is 1. The Hall–Kier alpha value is -1.94. The highest BCUT2D eigenvalue weighted by Gasteiger charge is 2.30. The third-order valence-electron chi connectivity index (χ3n) is 17.3. The van der Waals surface area contributed by atoms with Crippen LogP contribution >= 0.6 is 15.6 Å². The SMILES string of the molecule is CC(C)CCCCCCCCCCCCCCCCC(=O)O[C@H](COC(=O)CCCCCCCCCCCC(C)C)COP(=O)(O)OCC(O)COP(=O)(O)OC[C@@H](COC(=O)CCCCCCCCCCC(C)C)OC(=O)CCCCCCCCCCCCCC(C)C. The van der Waals surface area contributed by atoms with E-state index >= 15 is 0 Å². The summed E-state index contributed by atoms with van der Waals surface area (Å²) in [5.41, 5.74) is 0. The molecular weight excluding hydrogens is 1230 g/mol. The molecule has 5 atom stereocenters. The number of carbonyl (C=O) groups is 4. The van der Waals surface area contributed by atoms with Crippen LogP contribution in [0.2, 0.25) is 0 Å². The lowest BCUT2D eigenvalue weighted by molar-refractivity contribution is -0.161. The van der Waals surface area contributed by atoms with Gasteiger partial charge in [0.25, 0.3) is 0 Å². The second-order valence-electron chi connectivity index (χ2n) is 28.9. The maximum Gasteiger partial charge on any atom is 0.472 e. The third kappa shape index (κ3) is 68.6. The first kappa shape index (κ1) is 92.1. The third-order valence-corrected chi connectivity index (χ3v) is 19.2. The van der Waals surface area contributed by atoms with Crippen LogP contribution in [0, 0.1) is 23.7 Å². The van der Waals surface area contributed by atoms with E-state index in [1.54, 1.807) is 0 Å². The van der Waals surface area contributed by atoms with Crippen LogP contribution in [0.1, 0.15) is 376 Å². The molecule has 0 radical (unpaired) electrons. The monoisotopic (exact) mass is 1380 g/mol. The fourth-order valence-electron chi connectivity index (χ4n) is 11.4. The van der Waals surface area contributed by atoms with E-state index in [9.17, 15) is 43.2 Å². The van der Waals surface area contributed by atoms with Crippen molar-refractivity contribution in [1.82, 2.24) is 0 Å². The predicted molar refractivity (Wildman–Crippen MR) is 381 cm³/mol. The second-order valence-corrected chi connectivity index (χ2v) is 31.9. The Balaban J connectivity index is 5.26. The highest BCUT2D eigenvalue weighted by molar-refractivity contribution is 7.47. The number of esters is 4. The molecule has 0 aliphatic rings. The highest BCUT2D eigenvalue weighted by Crippen LogP contribution is 2.45. The van der Waals surface area contributed by atoms with Crippen LogP contribution < -0.4 is 0 Å². The van der Waals surface area contributed by atoms with Gasteiger partial charge in [0, 0.05) is 25.7 Å². The Kier molecular flexibility index (Phi) is 63.1. The van der Waals surface area contributed by atoms with Crippen molar-refractivity contribution in [3.8, 4) is 0 Å². The summed E-state index contributed by atoms with van der Waals surface area (Å²) in [5, 5.41) is 10.6. The van der Waals surface area contributed by atoms with Crippen molar-refractivity contribution in [3.05, 3.63) is 0 Å². The van der Waals surface area contributed by atoms with E-state index in [0.29, 0.717) is 25.7 Å². The molecule has 0 saturated carbocycles. The highest BCUT2D eigenvalue weighted by atomic mass is 31.2. The summed E-state index contributed by atoms with van der Waals surface area (Å²) in [4.78, 5) is 72.8. The molecule has 3 unspecified atom stereocenters. The first-order valence-corrected chi connectivity index (χ1v) is 41.7. The Morgan fingerprint density at radius 2 is 0.447 bits per heavy atom. The van der Waals surface area contributed by atoms with Crippen molar-refractivity contribution in [3.63, 3.8) is 0 Å². The Morgan fingerprint density at radius 1 is 0.266 bits per heavy atom. The quantitative estimate of drug-likeness (QED) is 0.0222. The van der Waals surface area contributed by atoms with E-state index in [1.807, 2.05) is 0 Å². The molecule has 0 heterocycles. The summed E-state index contributed by atoms with van der Waals surface area (Å²) in [7, 11) is -9.91. The van der Waals surface area contributed by atoms with E-state index in [4.69, 9.17) is 37.0 Å². The Morgan fingerprint density at radius 3 is 0.660 bits per heavy atom. The Bertz CT molecular complexity index is 1850. The first-order chi connectivity index (χ1) is 45.1. The number of phosphoric ester groups is 2. The zero-order valence-electron chi connectivity index (χ0n) is 61.6. The van der Waals surface area contributed by atoms with Crippen LogP contribution in [-0.4, -0.2) is 96.7 Å². The van der Waals surface area contributed by atoms with E-state index < -0.39 is 97.5 Å². The van der Waals surface area contributed by atoms with Crippen molar-refractivity contribution in [2.75, 3.05) is 39.6 Å². The van der Waals surface area contributed by atoms with Crippen molar-refractivity contribution in [2.45, 2.75) is 395 Å². The molecular formula is C75H146O17P2. The van der Waals surface area contributed by atoms with Gasteiger partial charge in [0.15, 0.2) is 12.2 Å². The number of phosphoric acid groups is 2. The summed E-state index contributed by atoms with van der Waals surface area (Å²) in [6.45, 7) is 14.2.